The van der Waals surface area contributed by atoms with Crippen molar-refractivity contribution in [2.24, 2.45) is 0 Å². The molecule has 21 heavy (non-hydrogen) atoms. The van der Waals surface area contributed by atoms with Crippen LogP contribution in [0.15, 0.2) is 18.2 Å². The van der Waals surface area contributed by atoms with Crippen LogP contribution in [-0.4, -0.2) is 23.7 Å². The van der Waals surface area contributed by atoms with Gasteiger partial charge in [-0.1, -0.05) is 20.3 Å². The van der Waals surface area contributed by atoms with Crippen molar-refractivity contribution in [3.63, 3.8) is 0 Å². The molecule has 1 aliphatic heterocycles. The summed E-state index contributed by atoms with van der Waals surface area (Å²) >= 11 is 2.38. The summed E-state index contributed by atoms with van der Waals surface area (Å²) in [4.78, 5) is 13.0. The van der Waals surface area contributed by atoms with Crippen LogP contribution in [0.1, 0.15) is 52.0 Å². The van der Waals surface area contributed by atoms with Crippen LogP contribution in [0, 0.1) is 3.57 Å². The third-order valence-corrected chi connectivity index (χ3v) is 5.43. The van der Waals surface area contributed by atoms with Gasteiger partial charge in [0.05, 0.1) is 0 Å². The second-order valence-electron chi connectivity index (χ2n) is 6.46. The number of carbonyl (C=O) groups is 1. The predicted octanol–water partition coefficient (Wildman–Crippen LogP) is 4.42. The van der Waals surface area contributed by atoms with E-state index in [2.05, 4.69) is 66.5 Å². The van der Waals surface area contributed by atoms with Gasteiger partial charge in [0, 0.05) is 33.7 Å². The third kappa shape index (κ3) is 3.52. The average molecular weight is 401 g/mol. The molecule has 1 atom stereocenters. The zero-order valence-corrected chi connectivity index (χ0v) is 15.2. The number of unbranched alkanes of at least 4 members (excludes halogenated alkanes) is 2. The fourth-order valence-corrected chi connectivity index (χ4v) is 3.64. The van der Waals surface area contributed by atoms with Gasteiger partial charge in [-0.2, -0.15) is 0 Å². The quantitative estimate of drug-likeness (QED) is 0.567. The van der Waals surface area contributed by atoms with Gasteiger partial charge in [0.25, 0.3) is 0 Å². The molecular formula is C17H24INO2. The fourth-order valence-electron chi connectivity index (χ4n) is 3.15. The van der Waals surface area contributed by atoms with E-state index < -0.39 is 5.97 Å². The fraction of sp³-hybridized carbons (Fsp3) is 0.588. The average Bonchev–Trinajstić information content (AvgIpc) is 2.59. The van der Waals surface area contributed by atoms with Crippen molar-refractivity contribution in [2.75, 3.05) is 11.4 Å². The van der Waals surface area contributed by atoms with Crippen molar-refractivity contribution in [1.29, 1.82) is 0 Å². The standard InChI is InChI=1S/C17H24INO2/c1-12-17(2,3)14-11-13(18)8-9-15(14)19(12)10-6-4-5-7-16(20)21/h8-9,11-12H,4-7,10H2,1-3H3,(H,20,21). The van der Waals surface area contributed by atoms with Gasteiger partial charge in [-0.25, -0.2) is 0 Å². The number of nitrogens with zero attached hydrogens (tertiary/aromatic N) is 1. The Morgan fingerprint density at radius 3 is 2.71 bits per heavy atom. The molecule has 0 spiro atoms. The van der Waals surface area contributed by atoms with Gasteiger partial charge in [-0.05, 0) is 66.1 Å². The largest absolute Gasteiger partial charge is 0.481 e. The number of halogens is 1. The molecule has 1 aromatic carbocycles. The lowest BCUT2D eigenvalue weighted by molar-refractivity contribution is -0.137. The van der Waals surface area contributed by atoms with Crippen molar-refractivity contribution < 1.29 is 9.90 Å². The smallest absolute Gasteiger partial charge is 0.303 e. The first-order valence-corrected chi connectivity index (χ1v) is 8.70. The van der Waals surface area contributed by atoms with Crippen molar-refractivity contribution >= 4 is 34.2 Å². The maximum Gasteiger partial charge on any atom is 0.303 e. The number of benzene rings is 1. The zero-order valence-electron chi connectivity index (χ0n) is 13.0. The normalized spacial score (nSPS) is 19.6. The minimum Gasteiger partial charge on any atom is -0.481 e. The molecule has 1 N–H and O–H groups in total. The van der Waals surface area contributed by atoms with E-state index >= 15 is 0 Å². The van der Waals surface area contributed by atoms with E-state index in [0.717, 1.165) is 25.8 Å². The van der Waals surface area contributed by atoms with E-state index in [-0.39, 0.29) is 11.8 Å². The first-order valence-electron chi connectivity index (χ1n) is 7.62. The highest BCUT2D eigenvalue weighted by atomic mass is 127. The molecule has 2 rings (SSSR count). The molecule has 0 fully saturated rings. The molecule has 1 unspecified atom stereocenters. The first kappa shape index (κ1) is 16.6. The summed E-state index contributed by atoms with van der Waals surface area (Å²) in [6.07, 6.45) is 3.10. The van der Waals surface area contributed by atoms with Crippen LogP contribution in [0.25, 0.3) is 0 Å². The highest BCUT2D eigenvalue weighted by Crippen LogP contribution is 2.45. The third-order valence-electron chi connectivity index (χ3n) is 4.76. The van der Waals surface area contributed by atoms with Crippen LogP contribution in [0.5, 0.6) is 0 Å². The molecule has 0 saturated carbocycles. The number of hydrogen-bond acceptors (Lipinski definition) is 2. The van der Waals surface area contributed by atoms with Gasteiger partial charge in [0.2, 0.25) is 0 Å². The minimum absolute atomic E-state index is 0.164. The lowest BCUT2D eigenvalue weighted by Crippen LogP contribution is -2.39. The number of rotatable bonds is 6. The highest BCUT2D eigenvalue weighted by Gasteiger charge is 2.41. The van der Waals surface area contributed by atoms with Gasteiger partial charge < -0.3 is 10.0 Å². The Balaban J connectivity index is 2.03. The number of carboxylic acids is 1. The second kappa shape index (κ2) is 6.55. The highest BCUT2D eigenvalue weighted by molar-refractivity contribution is 14.1. The van der Waals surface area contributed by atoms with Gasteiger partial charge in [0.1, 0.15) is 0 Å². The molecule has 0 amide bonds. The Morgan fingerprint density at radius 2 is 2.05 bits per heavy atom. The number of fused-ring (bicyclic) bond motifs is 1. The predicted molar refractivity (Wildman–Crippen MR) is 95.1 cm³/mol. The number of carboxylic acid groups (broad SMARTS) is 1. The van der Waals surface area contributed by atoms with E-state index in [0.29, 0.717) is 6.04 Å². The van der Waals surface area contributed by atoms with Crippen molar-refractivity contribution in [1.82, 2.24) is 0 Å². The molecule has 3 nitrogen and oxygen atoms in total. The molecule has 0 aliphatic carbocycles. The van der Waals surface area contributed by atoms with Crippen molar-refractivity contribution in [2.45, 2.75) is 57.9 Å². The summed E-state index contributed by atoms with van der Waals surface area (Å²) in [6.45, 7) is 7.94. The Kier molecular flexibility index (Phi) is 5.17. The lowest BCUT2D eigenvalue weighted by Gasteiger charge is -2.31. The SMILES string of the molecule is CC1N(CCCCCC(=O)O)c2ccc(I)cc2C1(C)C. The van der Waals surface area contributed by atoms with Crippen LogP contribution < -0.4 is 4.90 Å². The van der Waals surface area contributed by atoms with Crippen molar-refractivity contribution in [3.05, 3.63) is 27.3 Å². The zero-order chi connectivity index (χ0) is 15.6. The van der Waals surface area contributed by atoms with E-state index in [1.54, 1.807) is 0 Å². The summed E-state index contributed by atoms with van der Waals surface area (Å²) in [5.74, 6) is -0.689. The summed E-state index contributed by atoms with van der Waals surface area (Å²) in [5, 5.41) is 8.68. The van der Waals surface area contributed by atoms with Gasteiger partial charge in [-0.3, -0.25) is 4.79 Å². The van der Waals surface area contributed by atoms with Crippen molar-refractivity contribution in [3.8, 4) is 0 Å². The Hall–Kier alpha value is -0.780. The molecule has 1 heterocycles. The molecular weight excluding hydrogens is 377 g/mol. The molecule has 0 radical (unpaired) electrons. The van der Waals surface area contributed by atoms with Gasteiger partial charge >= 0.3 is 5.97 Å². The van der Waals surface area contributed by atoms with Crippen LogP contribution in [0.2, 0.25) is 0 Å². The monoisotopic (exact) mass is 401 g/mol. The summed E-state index contributed by atoms with van der Waals surface area (Å²) < 4.78 is 1.29. The second-order valence-corrected chi connectivity index (χ2v) is 7.70. The van der Waals surface area contributed by atoms with Crippen LogP contribution in [0.4, 0.5) is 5.69 Å². The van der Waals surface area contributed by atoms with E-state index in [1.807, 2.05) is 0 Å². The summed E-state index contributed by atoms with van der Waals surface area (Å²) in [6, 6.07) is 7.19. The van der Waals surface area contributed by atoms with E-state index in [4.69, 9.17) is 5.11 Å². The van der Waals surface area contributed by atoms with Gasteiger partial charge in [0.15, 0.2) is 0 Å². The molecule has 1 aromatic rings. The van der Waals surface area contributed by atoms with Crippen LogP contribution in [0.3, 0.4) is 0 Å². The van der Waals surface area contributed by atoms with Crippen LogP contribution >= 0.6 is 22.6 Å². The topological polar surface area (TPSA) is 40.5 Å². The molecule has 0 saturated heterocycles. The van der Waals surface area contributed by atoms with E-state index in [9.17, 15) is 4.79 Å². The molecule has 4 heteroatoms. The Morgan fingerprint density at radius 1 is 1.33 bits per heavy atom. The summed E-state index contributed by atoms with van der Waals surface area (Å²) in [7, 11) is 0. The molecule has 0 aromatic heterocycles. The Labute approximate surface area is 140 Å². The molecule has 1 aliphatic rings. The molecule has 0 bridgehead atoms. The maximum absolute atomic E-state index is 10.5. The molecule has 116 valence electrons. The summed E-state index contributed by atoms with van der Waals surface area (Å²) in [5.41, 5.74) is 2.95. The van der Waals surface area contributed by atoms with E-state index in [1.165, 1.54) is 14.8 Å². The lowest BCUT2D eigenvalue weighted by atomic mass is 9.81. The first-order chi connectivity index (χ1) is 9.84. The Bertz CT molecular complexity index is 528. The number of aliphatic carboxylic acids is 1. The minimum atomic E-state index is -0.689. The number of anilines is 1. The van der Waals surface area contributed by atoms with Crippen LogP contribution in [-0.2, 0) is 10.2 Å². The maximum atomic E-state index is 10.5. The number of hydrogen-bond donors (Lipinski definition) is 1. The van der Waals surface area contributed by atoms with Gasteiger partial charge in [-0.15, -0.1) is 0 Å².